The van der Waals surface area contributed by atoms with E-state index in [0.29, 0.717) is 17.6 Å². The number of carboxylic acids is 1. The summed E-state index contributed by atoms with van der Waals surface area (Å²) in [5, 5.41) is 9.18. The summed E-state index contributed by atoms with van der Waals surface area (Å²) in [7, 11) is 0. The van der Waals surface area contributed by atoms with Crippen LogP contribution in [0.1, 0.15) is 27.0 Å². The molecule has 2 heterocycles. The number of nitrogens with zero attached hydrogens (tertiary/aromatic N) is 1. The van der Waals surface area contributed by atoms with Crippen LogP contribution in [0.2, 0.25) is 0 Å². The number of imidazole rings is 1. The van der Waals surface area contributed by atoms with Gasteiger partial charge < -0.3 is 10.1 Å². The number of thiophene rings is 1. The number of rotatable bonds is 4. The molecular weight excluding hydrogens is 288 g/mol. The number of aromatic nitrogens is 2. The molecule has 21 heavy (non-hydrogen) atoms. The summed E-state index contributed by atoms with van der Waals surface area (Å²) in [6.07, 6.45) is 0.969. The van der Waals surface area contributed by atoms with E-state index >= 15 is 0 Å². The Hall–Kier alpha value is -2.34. The molecule has 0 radical (unpaired) electrons. The van der Waals surface area contributed by atoms with Crippen LogP contribution in [0.25, 0.3) is 11.0 Å². The minimum Gasteiger partial charge on any atom is -0.478 e. The maximum absolute atomic E-state index is 12.1. The molecular formula is C15H14N2O3S. The summed E-state index contributed by atoms with van der Waals surface area (Å²) in [6.45, 7) is 2.54. The molecule has 2 N–H and O–H groups in total. The van der Waals surface area contributed by atoms with Crippen molar-refractivity contribution in [3.63, 3.8) is 0 Å². The van der Waals surface area contributed by atoms with E-state index in [0.717, 1.165) is 11.3 Å². The summed E-state index contributed by atoms with van der Waals surface area (Å²) < 4.78 is 1.58. The number of hydrogen-bond acceptors (Lipinski definition) is 3. The Morgan fingerprint density at radius 1 is 1.29 bits per heavy atom. The SMILES string of the molecule is CCc1ccc(Cn2c(=O)[nH]c3c(C(=O)O)cccc32)s1. The Morgan fingerprint density at radius 3 is 2.71 bits per heavy atom. The quantitative estimate of drug-likeness (QED) is 0.778. The number of benzene rings is 1. The van der Waals surface area contributed by atoms with E-state index in [1.807, 2.05) is 6.07 Å². The highest BCUT2D eigenvalue weighted by Crippen LogP contribution is 2.21. The van der Waals surface area contributed by atoms with Crippen molar-refractivity contribution in [2.24, 2.45) is 0 Å². The highest BCUT2D eigenvalue weighted by atomic mass is 32.1. The average Bonchev–Trinajstić information content (AvgIpc) is 3.04. The molecule has 2 aromatic heterocycles. The second-order valence-electron chi connectivity index (χ2n) is 4.74. The molecule has 0 unspecified atom stereocenters. The zero-order valence-electron chi connectivity index (χ0n) is 11.4. The van der Waals surface area contributed by atoms with Gasteiger partial charge in [0.2, 0.25) is 0 Å². The van der Waals surface area contributed by atoms with E-state index < -0.39 is 5.97 Å². The number of aryl methyl sites for hydroxylation is 1. The van der Waals surface area contributed by atoms with Crippen molar-refractivity contribution < 1.29 is 9.90 Å². The van der Waals surface area contributed by atoms with Crippen LogP contribution in [0.15, 0.2) is 35.1 Å². The maximum Gasteiger partial charge on any atom is 0.337 e. The van der Waals surface area contributed by atoms with E-state index in [9.17, 15) is 14.7 Å². The Balaban J connectivity index is 2.10. The van der Waals surface area contributed by atoms with Gasteiger partial charge in [-0.05, 0) is 30.7 Å². The maximum atomic E-state index is 12.1. The van der Waals surface area contributed by atoms with E-state index in [4.69, 9.17) is 0 Å². The van der Waals surface area contributed by atoms with Gasteiger partial charge in [0.1, 0.15) is 0 Å². The van der Waals surface area contributed by atoms with Crippen molar-refractivity contribution in [2.75, 3.05) is 0 Å². The predicted octanol–water partition coefficient (Wildman–Crippen LogP) is 2.70. The first-order chi connectivity index (χ1) is 10.1. The molecule has 0 aliphatic rings. The van der Waals surface area contributed by atoms with Crippen LogP contribution in [0.3, 0.4) is 0 Å². The first-order valence-electron chi connectivity index (χ1n) is 6.62. The molecule has 0 spiro atoms. The minimum absolute atomic E-state index is 0.115. The molecule has 0 aliphatic carbocycles. The minimum atomic E-state index is -1.04. The third kappa shape index (κ3) is 2.38. The van der Waals surface area contributed by atoms with Crippen LogP contribution in [-0.4, -0.2) is 20.6 Å². The summed E-state index contributed by atoms with van der Waals surface area (Å²) in [6, 6.07) is 8.97. The molecule has 0 fully saturated rings. The first kappa shape index (κ1) is 13.6. The fourth-order valence-corrected chi connectivity index (χ4v) is 3.32. The van der Waals surface area contributed by atoms with Gasteiger partial charge in [0.25, 0.3) is 0 Å². The van der Waals surface area contributed by atoms with Crippen LogP contribution in [0, 0.1) is 0 Å². The van der Waals surface area contributed by atoms with Gasteiger partial charge in [-0.15, -0.1) is 11.3 Å². The lowest BCUT2D eigenvalue weighted by Crippen LogP contribution is -2.16. The zero-order chi connectivity index (χ0) is 15.0. The molecule has 0 bridgehead atoms. The lowest BCUT2D eigenvalue weighted by atomic mass is 10.2. The molecule has 0 saturated carbocycles. The van der Waals surface area contributed by atoms with Crippen molar-refractivity contribution in [2.45, 2.75) is 19.9 Å². The fourth-order valence-electron chi connectivity index (χ4n) is 2.37. The average molecular weight is 302 g/mol. The Labute approximate surface area is 124 Å². The third-order valence-corrected chi connectivity index (χ3v) is 4.63. The van der Waals surface area contributed by atoms with Gasteiger partial charge in [-0.3, -0.25) is 4.57 Å². The van der Waals surface area contributed by atoms with Gasteiger partial charge in [-0.2, -0.15) is 0 Å². The molecule has 3 rings (SSSR count). The molecule has 0 atom stereocenters. The highest BCUT2D eigenvalue weighted by molar-refractivity contribution is 7.11. The number of nitrogens with one attached hydrogen (secondary N) is 1. The Morgan fingerprint density at radius 2 is 2.05 bits per heavy atom. The van der Waals surface area contributed by atoms with Gasteiger partial charge in [0.05, 0.1) is 23.1 Å². The largest absolute Gasteiger partial charge is 0.478 e. The van der Waals surface area contributed by atoms with Gasteiger partial charge in [0.15, 0.2) is 0 Å². The van der Waals surface area contributed by atoms with Crippen LogP contribution in [0.5, 0.6) is 0 Å². The van der Waals surface area contributed by atoms with Crippen molar-refractivity contribution in [1.29, 1.82) is 0 Å². The number of aromatic amines is 1. The number of carboxylic acid groups (broad SMARTS) is 1. The topological polar surface area (TPSA) is 75.1 Å². The number of para-hydroxylation sites is 1. The van der Waals surface area contributed by atoms with Gasteiger partial charge >= 0.3 is 11.7 Å². The van der Waals surface area contributed by atoms with Crippen LogP contribution in [0.4, 0.5) is 0 Å². The lowest BCUT2D eigenvalue weighted by Gasteiger charge is -2.02. The molecule has 0 saturated heterocycles. The van der Waals surface area contributed by atoms with Crippen molar-refractivity contribution in [3.05, 3.63) is 56.1 Å². The number of hydrogen-bond donors (Lipinski definition) is 2. The van der Waals surface area contributed by atoms with E-state index in [1.165, 1.54) is 10.9 Å². The molecule has 6 heteroatoms. The van der Waals surface area contributed by atoms with E-state index in [-0.39, 0.29) is 11.3 Å². The zero-order valence-corrected chi connectivity index (χ0v) is 12.2. The molecule has 1 aromatic carbocycles. The smallest absolute Gasteiger partial charge is 0.337 e. The second kappa shape index (κ2) is 5.21. The predicted molar refractivity (Wildman–Crippen MR) is 82.3 cm³/mol. The molecule has 0 amide bonds. The summed E-state index contributed by atoms with van der Waals surface area (Å²) >= 11 is 1.67. The number of aromatic carboxylic acids is 1. The van der Waals surface area contributed by atoms with Crippen LogP contribution in [-0.2, 0) is 13.0 Å². The van der Waals surface area contributed by atoms with E-state index in [2.05, 4.69) is 18.0 Å². The first-order valence-corrected chi connectivity index (χ1v) is 7.44. The number of carbonyl (C=O) groups is 1. The number of H-pyrrole nitrogens is 1. The molecule has 108 valence electrons. The van der Waals surface area contributed by atoms with Crippen molar-refractivity contribution in [3.8, 4) is 0 Å². The second-order valence-corrected chi connectivity index (χ2v) is 6.00. The van der Waals surface area contributed by atoms with Gasteiger partial charge in [-0.1, -0.05) is 13.0 Å². The van der Waals surface area contributed by atoms with Crippen LogP contribution < -0.4 is 5.69 Å². The highest BCUT2D eigenvalue weighted by Gasteiger charge is 2.14. The monoisotopic (exact) mass is 302 g/mol. The third-order valence-electron chi connectivity index (χ3n) is 3.42. The summed E-state index contributed by atoms with van der Waals surface area (Å²) in [5.74, 6) is -1.04. The Kier molecular flexibility index (Phi) is 3.39. The van der Waals surface area contributed by atoms with Gasteiger partial charge in [-0.25, -0.2) is 9.59 Å². The molecule has 3 aromatic rings. The Bertz CT molecular complexity index is 873. The fraction of sp³-hybridized carbons (Fsp3) is 0.200. The van der Waals surface area contributed by atoms with Crippen molar-refractivity contribution in [1.82, 2.24) is 9.55 Å². The van der Waals surface area contributed by atoms with E-state index in [1.54, 1.807) is 28.0 Å². The normalized spacial score (nSPS) is 11.1. The number of fused-ring (bicyclic) bond motifs is 1. The van der Waals surface area contributed by atoms with Crippen LogP contribution >= 0.6 is 11.3 Å². The summed E-state index contributed by atoms with van der Waals surface area (Å²) in [5.41, 5.74) is 0.822. The molecule has 0 aliphatic heterocycles. The van der Waals surface area contributed by atoms with Gasteiger partial charge in [0, 0.05) is 9.75 Å². The standard InChI is InChI=1S/C15H14N2O3S/c1-2-9-6-7-10(21-9)8-17-12-5-3-4-11(14(18)19)13(12)16-15(17)20/h3-7H,2,8H2,1H3,(H,16,20)(H,18,19). The van der Waals surface area contributed by atoms with Crippen molar-refractivity contribution >= 4 is 28.3 Å². The molecule has 5 nitrogen and oxygen atoms in total. The lowest BCUT2D eigenvalue weighted by molar-refractivity contribution is 0.0699. The summed E-state index contributed by atoms with van der Waals surface area (Å²) in [4.78, 5) is 28.3.